The highest BCUT2D eigenvalue weighted by Crippen LogP contribution is 2.09. The molecule has 64 valence electrons. The monoisotopic (exact) mass is 290 g/mol. The van der Waals surface area contributed by atoms with E-state index in [9.17, 15) is 13.2 Å². The fourth-order valence-electron chi connectivity index (χ4n) is 0.801. The van der Waals surface area contributed by atoms with E-state index in [0.717, 1.165) is 4.31 Å². The van der Waals surface area contributed by atoms with Gasteiger partial charge in [0.1, 0.15) is 0 Å². The Morgan fingerprint density at radius 1 is 1.55 bits per heavy atom. The second-order valence-corrected chi connectivity index (χ2v) is 6.81. The standard InChI is InChI=1S/C4H7IN2O3S/c5-11(9,10)7-2-1-6-4(8)3-7/h1-3H2,(H,6,8). The van der Waals surface area contributed by atoms with Crippen LogP contribution in [-0.2, 0) is 12.0 Å². The summed E-state index contributed by atoms with van der Waals surface area (Å²) in [5.41, 5.74) is 0. The van der Waals surface area contributed by atoms with E-state index in [-0.39, 0.29) is 12.5 Å². The molecule has 0 bridgehead atoms. The molecule has 1 aliphatic heterocycles. The van der Waals surface area contributed by atoms with E-state index >= 15 is 0 Å². The Hall–Kier alpha value is 0.110. The Labute approximate surface area is 76.8 Å². The van der Waals surface area contributed by atoms with Gasteiger partial charge in [0.25, 0.3) is 7.19 Å². The topological polar surface area (TPSA) is 66.5 Å². The summed E-state index contributed by atoms with van der Waals surface area (Å²) in [6.45, 7) is 0.726. The van der Waals surface area contributed by atoms with Gasteiger partial charge in [0.15, 0.2) is 0 Å². The number of nitrogens with one attached hydrogen (secondary N) is 1. The van der Waals surface area contributed by atoms with Crippen molar-refractivity contribution in [1.29, 1.82) is 0 Å². The van der Waals surface area contributed by atoms with Crippen molar-refractivity contribution in [3.05, 3.63) is 0 Å². The molecule has 1 heterocycles. The number of piperazine rings is 1. The van der Waals surface area contributed by atoms with Crippen LogP contribution in [0.1, 0.15) is 0 Å². The molecule has 1 fully saturated rings. The van der Waals surface area contributed by atoms with Crippen molar-refractivity contribution in [2.45, 2.75) is 0 Å². The first-order chi connectivity index (χ1) is 5.00. The summed E-state index contributed by atoms with van der Waals surface area (Å²) in [6.07, 6.45) is 0. The predicted octanol–water partition coefficient (Wildman–Crippen LogP) is -0.902. The summed E-state index contributed by atoms with van der Waals surface area (Å²) in [6, 6.07) is 0. The fourth-order valence-corrected chi connectivity index (χ4v) is 2.39. The van der Waals surface area contributed by atoms with Crippen molar-refractivity contribution < 1.29 is 13.2 Å². The number of carbonyl (C=O) groups is 1. The summed E-state index contributed by atoms with van der Waals surface area (Å²) < 4.78 is 22.9. The highest BCUT2D eigenvalue weighted by molar-refractivity contribution is 14.2. The molecule has 0 unspecified atom stereocenters. The molecule has 1 saturated heterocycles. The molecule has 1 aliphatic rings. The van der Waals surface area contributed by atoms with Gasteiger partial charge in [-0.1, -0.05) is 0 Å². The van der Waals surface area contributed by atoms with Gasteiger partial charge in [-0.25, -0.2) is 8.42 Å². The maximum atomic E-state index is 10.9. The number of halogens is 1. The summed E-state index contributed by atoms with van der Waals surface area (Å²) in [7, 11) is -3.22. The van der Waals surface area contributed by atoms with Gasteiger partial charge in [-0.15, -0.1) is 0 Å². The third kappa shape index (κ3) is 2.56. The first-order valence-electron chi connectivity index (χ1n) is 2.96. The molecule has 1 amide bonds. The molecular formula is C4H7IN2O3S. The van der Waals surface area contributed by atoms with Gasteiger partial charge in [0.05, 0.1) is 27.8 Å². The molecule has 0 aromatic rings. The highest BCUT2D eigenvalue weighted by atomic mass is 127. The van der Waals surface area contributed by atoms with Crippen LogP contribution >= 0.6 is 21.2 Å². The van der Waals surface area contributed by atoms with Crippen LogP contribution in [0.25, 0.3) is 0 Å². The number of nitrogens with zero attached hydrogens (tertiary/aromatic N) is 1. The number of hydrogen-bond acceptors (Lipinski definition) is 3. The Morgan fingerprint density at radius 3 is 2.55 bits per heavy atom. The van der Waals surface area contributed by atoms with Crippen LogP contribution in [0.2, 0.25) is 0 Å². The third-order valence-corrected chi connectivity index (χ3v) is 3.91. The lowest BCUT2D eigenvalue weighted by atomic mass is 10.4. The van der Waals surface area contributed by atoms with Crippen LogP contribution in [0.15, 0.2) is 0 Å². The van der Waals surface area contributed by atoms with E-state index in [1.165, 1.54) is 21.2 Å². The Kier molecular flexibility index (Phi) is 2.70. The van der Waals surface area contributed by atoms with E-state index in [4.69, 9.17) is 0 Å². The average Bonchev–Trinajstić information content (AvgIpc) is 1.86. The molecule has 0 aliphatic carbocycles. The Balaban J connectivity index is 2.68. The van der Waals surface area contributed by atoms with E-state index in [1.54, 1.807) is 0 Å². The van der Waals surface area contributed by atoms with Crippen molar-refractivity contribution in [2.24, 2.45) is 0 Å². The van der Waals surface area contributed by atoms with Crippen LogP contribution in [0.3, 0.4) is 0 Å². The van der Waals surface area contributed by atoms with Gasteiger partial charge in [-0.05, 0) is 0 Å². The van der Waals surface area contributed by atoms with Gasteiger partial charge >= 0.3 is 0 Å². The van der Waals surface area contributed by atoms with E-state index in [2.05, 4.69) is 5.32 Å². The Morgan fingerprint density at radius 2 is 2.18 bits per heavy atom. The van der Waals surface area contributed by atoms with Crippen molar-refractivity contribution in [1.82, 2.24) is 9.62 Å². The van der Waals surface area contributed by atoms with Gasteiger partial charge in [0.2, 0.25) is 5.91 Å². The van der Waals surface area contributed by atoms with Crippen LogP contribution in [0.5, 0.6) is 0 Å². The molecular weight excluding hydrogens is 283 g/mol. The molecule has 0 saturated carbocycles. The van der Waals surface area contributed by atoms with Gasteiger partial charge in [0, 0.05) is 13.1 Å². The van der Waals surface area contributed by atoms with Crippen molar-refractivity contribution >= 4 is 34.3 Å². The quantitative estimate of drug-likeness (QED) is 0.502. The lowest BCUT2D eigenvalue weighted by Crippen LogP contribution is -2.48. The first-order valence-corrected chi connectivity index (χ1v) is 6.95. The maximum Gasteiger partial charge on any atom is 0.268 e. The predicted molar refractivity (Wildman–Crippen MR) is 47.5 cm³/mol. The molecule has 1 rings (SSSR count). The third-order valence-electron chi connectivity index (χ3n) is 1.31. The Bertz CT molecular complexity index is 263. The van der Waals surface area contributed by atoms with E-state index < -0.39 is 7.19 Å². The molecule has 11 heavy (non-hydrogen) atoms. The molecule has 0 spiro atoms. The maximum absolute atomic E-state index is 10.9. The summed E-state index contributed by atoms with van der Waals surface area (Å²) in [4.78, 5) is 10.7. The first kappa shape index (κ1) is 9.20. The summed E-state index contributed by atoms with van der Waals surface area (Å²) in [5.74, 6) is -0.239. The average molecular weight is 290 g/mol. The zero-order valence-electron chi connectivity index (χ0n) is 5.58. The van der Waals surface area contributed by atoms with Crippen LogP contribution in [0.4, 0.5) is 0 Å². The zero-order valence-corrected chi connectivity index (χ0v) is 8.55. The summed E-state index contributed by atoms with van der Waals surface area (Å²) in [5, 5.41) is 2.54. The zero-order chi connectivity index (χ0) is 8.48. The van der Waals surface area contributed by atoms with Crippen molar-refractivity contribution in [3.8, 4) is 0 Å². The minimum atomic E-state index is -3.22. The fraction of sp³-hybridized carbons (Fsp3) is 0.750. The minimum absolute atomic E-state index is 0.0503. The second kappa shape index (κ2) is 3.23. The normalized spacial score (nSPS) is 21.4. The lowest BCUT2D eigenvalue weighted by Gasteiger charge is -2.22. The SMILES string of the molecule is O=C1CN(S(=O)(=O)I)CCN1. The lowest BCUT2D eigenvalue weighted by molar-refractivity contribution is -0.122. The minimum Gasteiger partial charge on any atom is -0.354 e. The second-order valence-electron chi connectivity index (χ2n) is 2.13. The van der Waals surface area contributed by atoms with Gasteiger partial charge in [-0.3, -0.25) is 4.79 Å². The van der Waals surface area contributed by atoms with Crippen molar-refractivity contribution in [3.63, 3.8) is 0 Å². The number of amides is 1. The molecule has 0 aromatic heterocycles. The van der Waals surface area contributed by atoms with Crippen molar-refractivity contribution in [2.75, 3.05) is 19.6 Å². The molecule has 0 radical (unpaired) electrons. The summed E-state index contributed by atoms with van der Waals surface area (Å²) >= 11 is 1.32. The highest BCUT2D eigenvalue weighted by Gasteiger charge is 2.24. The molecule has 0 aromatic carbocycles. The molecule has 1 N–H and O–H groups in total. The number of hydrogen-bond donors (Lipinski definition) is 1. The molecule has 5 nitrogen and oxygen atoms in total. The number of carbonyl (C=O) groups excluding carboxylic acids is 1. The van der Waals surface area contributed by atoms with Gasteiger partial charge < -0.3 is 5.32 Å². The largest absolute Gasteiger partial charge is 0.354 e. The van der Waals surface area contributed by atoms with E-state index in [0.29, 0.717) is 13.1 Å². The smallest absolute Gasteiger partial charge is 0.268 e. The van der Waals surface area contributed by atoms with Crippen LogP contribution < -0.4 is 5.32 Å². The number of rotatable bonds is 1. The molecule has 7 heteroatoms. The molecule has 0 atom stereocenters. The van der Waals surface area contributed by atoms with Gasteiger partial charge in [-0.2, -0.15) is 4.31 Å². The van der Waals surface area contributed by atoms with Crippen LogP contribution in [-0.4, -0.2) is 38.3 Å². The van der Waals surface area contributed by atoms with Crippen LogP contribution in [0, 0.1) is 0 Å². The van der Waals surface area contributed by atoms with E-state index in [1.807, 2.05) is 0 Å².